The number of halogens is 3. The molecule has 3 rings (SSSR count). The predicted octanol–water partition coefficient (Wildman–Crippen LogP) is 3.81. The summed E-state index contributed by atoms with van der Waals surface area (Å²) in [5.41, 5.74) is 0.280. The van der Waals surface area contributed by atoms with Gasteiger partial charge in [-0.1, -0.05) is 38.1 Å². The zero-order valence-corrected chi connectivity index (χ0v) is 17.5. The quantitative estimate of drug-likeness (QED) is 0.780. The van der Waals surface area contributed by atoms with Crippen LogP contribution >= 0.6 is 0 Å². The maximum absolute atomic E-state index is 13.1. The number of hydrogen-bond acceptors (Lipinski definition) is 3. The van der Waals surface area contributed by atoms with Gasteiger partial charge < -0.3 is 15.1 Å². The third kappa shape index (κ3) is 5.57. The fourth-order valence-electron chi connectivity index (χ4n) is 3.59. The third-order valence-corrected chi connectivity index (χ3v) is 5.39. The number of amides is 2. The Morgan fingerprint density at radius 3 is 2.16 bits per heavy atom. The van der Waals surface area contributed by atoms with E-state index in [4.69, 9.17) is 0 Å². The molecule has 0 bridgehead atoms. The van der Waals surface area contributed by atoms with Gasteiger partial charge in [-0.3, -0.25) is 9.59 Å². The van der Waals surface area contributed by atoms with Crippen LogP contribution in [-0.4, -0.2) is 48.9 Å². The van der Waals surface area contributed by atoms with E-state index in [9.17, 15) is 22.8 Å². The molecule has 0 radical (unpaired) electrons. The first-order chi connectivity index (χ1) is 14.7. The molecule has 1 saturated heterocycles. The van der Waals surface area contributed by atoms with Gasteiger partial charge in [-0.2, -0.15) is 13.2 Å². The van der Waals surface area contributed by atoms with Gasteiger partial charge in [0.25, 0.3) is 5.91 Å². The molecule has 1 fully saturated rings. The summed E-state index contributed by atoms with van der Waals surface area (Å²) in [7, 11) is 0. The molecule has 1 atom stereocenters. The van der Waals surface area contributed by atoms with Crippen molar-refractivity contribution >= 4 is 17.5 Å². The van der Waals surface area contributed by atoms with Crippen LogP contribution in [0.15, 0.2) is 54.6 Å². The number of nitrogens with zero attached hydrogens (tertiary/aromatic N) is 2. The summed E-state index contributed by atoms with van der Waals surface area (Å²) in [6, 6.07) is 13.2. The second kappa shape index (κ2) is 9.41. The van der Waals surface area contributed by atoms with Crippen molar-refractivity contribution in [2.75, 3.05) is 31.1 Å². The normalized spacial score (nSPS) is 15.7. The lowest BCUT2D eigenvalue weighted by molar-refractivity contribution is -0.137. The fourth-order valence-corrected chi connectivity index (χ4v) is 3.59. The highest BCUT2D eigenvalue weighted by Gasteiger charge is 2.33. The van der Waals surface area contributed by atoms with Crippen LogP contribution in [0.4, 0.5) is 18.9 Å². The highest BCUT2D eigenvalue weighted by molar-refractivity contribution is 5.97. The topological polar surface area (TPSA) is 52.7 Å². The van der Waals surface area contributed by atoms with Gasteiger partial charge in [-0.15, -0.1) is 0 Å². The van der Waals surface area contributed by atoms with Crippen molar-refractivity contribution in [2.45, 2.75) is 26.1 Å². The zero-order chi connectivity index (χ0) is 22.6. The van der Waals surface area contributed by atoms with E-state index in [-0.39, 0.29) is 17.7 Å². The molecule has 2 aromatic carbocycles. The number of alkyl halides is 3. The molecule has 8 heteroatoms. The van der Waals surface area contributed by atoms with Gasteiger partial charge in [0.1, 0.15) is 6.04 Å². The van der Waals surface area contributed by atoms with Crippen LogP contribution in [0.3, 0.4) is 0 Å². The van der Waals surface area contributed by atoms with E-state index in [1.54, 1.807) is 35.2 Å². The molecular formula is C23H26F3N3O2. The van der Waals surface area contributed by atoms with Crippen molar-refractivity contribution in [3.05, 3.63) is 65.7 Å². The minimum atomic E-state index is -4.39. The van der Waals surface area contributed by atoms with E-state index in [0.717, 1.165) is 12.1 Å². The molecule has 0 spiro atoms. The van der Waals surface area contributed by atoms with Crippen LogP contribution < -0.4 is 10.2 Å². The first-order valence-corrected chi connectivity index (χ1v) is 10.2. The fraction of sp³-hybridized carbons (Fsp3) is 0.391. The minimum absolute atomic E-state index is 0.110. The third-order valence-electron chi connectivity index (χ3n) is 5.39. The zero-order valence-electron chi connectivity index (χ0n) is 17.5. The average Bonchev–Trinajstić information content (AvgIpc) is 2.77. The van der Waals surface area contributed by atoms with Gasteiger partial charge >= 0.3 is 6.18 Å². The lowest BCUT2D eigenvalue weighted by Crippen LogP contribution is -2.56. The Labute approximate surface area is 179 Å². The first-order valence-electron chi connectivity index (χ1n) is 10.2. The van der Waals surface area contributed by atoms with Crippen LogP contribution in [0.25, 0.3) is 0 Å². The van der Waals surface area contributed by atoms with Crippen molar-refractivity contribution in [2.24, 2.45) is 5.92 Å². The van der Waals surface area contributed by atoms with Gasteiger partial charge in [-0.05, 0) is 36.2 Å². The van der Waals surface area contributed by atoms with Crippen molar-refractivity contribution in [3.63, 3.8) is 0 Å². The Morgan fingerprint density at radius 2 is 1.58 bits per heavy atom. The minimum Gasteiger partial charge on any atom is -0.368 e. The van der Waals surface area contributed by atoms with Crippen LogP contribution in [-0.2, 0) is 11.0 Å². The maximum Gasteiger partial charge on any atom is 0.416 e. The predicted molar refractivity (Wildman–Crippen MR) is 113 cm³/mol. The monoisotopic (exact) mass is 433 g/mol. The number of hydrogen-bond donors (Lipinski definition) is 1. The second-order valence-corrected chi connectivity index (χ2v) is 7.92. The summed E-state index contributed by atoms with van der Waals surface area (Å²) in [6.07, 6.45) is -4.39. The number of piperazine rings is 1. The van der Waals surface area contributed by atoms with Crippen LogP contribution in [0.5, 0.6) is 0 Å². The molecule has 0 aliphatic carbocycles. The number of anilines is 1. The number of carbonyl (C=O) groups is 2. The van der Waals surface area contributed by atoms with Gasteiger partial charge in [0.2, 0.25) is 5.91 Å². The van der Waals surface area contributed by atoms with Gasteiger partial charge in [0, 0.05) is 37.4 Å². The Hall–Kier alpha value is -3.03. The molecule has 1 heterocycles. The first kappa shape index (κ1) is 22.7. The van der Waals surface area contributed by atoms with E-state index in [0.29, 0.717) is 37.4 Å². The molecule has 31 heavy (non-hydrogen) atoms. The SMILES string of the molecule is CC(C)C(NC(=O)c1ccccc1)C(=O)N1CCN(c2cccc(C(F)(F)F)c2)CC1. The smallest absolute Gasteiger partial charge is 0.368 e. The number of rotatable bonds is 5. The van der Waals surface area contributed by atoms with Crippen LogP contribution in [0, 0.1) is 5.92 Å². The van der Waals surface area contributed by atoms with E-state index < -0.39 is 17.8 Å². The second-order valence-electron chi connectivity index (χ2n) is 7.92. The number of benzene rings is 2. The van der Waals surface area contributed by atoms with Crippen molar-refractivity contribution in [1.29, 1.82) is 0 Å². The average molecular weight is 433 g/mol. The molecule has 0 aromatic heterocycles. The molecule has 0 saturated carbocycles. The molecule has 5 nitrogen and oxygen atoms in total. The summed E-state index contributed by atoms with van der Waals surface area (Å²) in [4.78, 5) is 29.1. The van der Waals surface area contributed by atoms with Crippen molar-refractivity contribution in [1.82, 2.24) is 10.2 Å². The molecule has 2 aromatic rings. The molecule has 1 aliphatic rings. The Bertz CT molecular complexity index is 908. The summed E-state index contributed by atoms with van der Waals surface area (Å²) in [5, 5.41) is 2.83. The molecule has 2 amide bonds. The van der Waals surface area contributed by atoms with E-state index in [2.05, 4.69) is 5.32 Å². The summed E-state index contributed by atoms with van der Waals surface area (Å²) in [5.74, 6) is -0.597. The van der Waals surface area contributed by atoms with Gasteiger partial charge in [-0.25, -0.2) is 0 Å². The summed E-state index contributed by atoms with van der Waals surface area (Å²) >= 11 is 0. The van der Waals surface area contributed by atoms with Crippen molar-refractivity contribution in [3.8, 4) is 0 Å². The Balaban J connectivity index is 1.63. The Morgan fingerprint density at radius 1 is 0.935 bits per heavy atom. The molecule has 1 aliphatic heterocycles. The largest absolute Gasteiger partial charge is 0.416 e. The lowest BCUT2D eigenvalue weighted by atomic mass is 10.0. The lowest BCUT2D eigenvalue weighted by Gasteiger charge is -2.38. The Kier molecular flexibility index (Phi) is 6.87. The summed E-state index contributed by atoms with van der Waals surface area (Å²) in [6.45, 7) is 5.33. The van der Waals surface area contributed by atoms with E-state index in [1.807, 2.05) is 24.8 Å². The van der Waals surface area contributed by atoms with Gasteiger partial charge in [0.15, 0.2) is 0 Å². The molecule has 166 valence electrons. The van der Waals surface area contributed by atoms with Crippen LogP contribution in [0.2, 0.25) is 0 Å². The van der Waals surface area contributed by atoms with Crippen molar-refractivity contribution < 1.29 is 22.8 Å². The molecule has 1 unspecified atom stereocenters. The van der Waals surface area contributed by atoms with Gasteiger partial charge in [0.05, 0.1) is 5.56 Å². The highest BCUT2D eigenvalue weighted by Crippen LogP contribution is 2.32. The molecule has 1 N–H and O–H groups in total. The number of nitrogens with one attached hydrogen (secondary N) is 1. The van der Waals surface area contributed by atoms with E-state index in [1.165, 1.54) is 6.07 Å². The number of carbonyl (C=O) groups excluding carboxylic acids is 2. The van der Waals surface area contributed by atoms with E-state index >= 15 is 0 Å². The van der Waals surface area contributed by atoms with Crippen LogP contribution in [0.1, 0.15) is 29.8 Å². The highest BCUT2D eigenvalue weighted by atomic mass is 19.4. The standard InChI is InChI=1S/C23H26F3N3O2/c1-16(2)20(27-21(30)17-7-4-3-5-8-17)22(31)29-13-11-28(12-14-29)19-10-6-9-18(15-19)23(24,25)26/h3-10,15-16,20H,11-14H2,1-2H3,(H,27,30). The summed E-state index contributed by atoms with van der Waals surface area (Å²) < 4.78 is 39.0. The maximum atomic E-state index is 13.1. The molecular weight excluding hydrogens is 407 g/mol.